The van der Waals surface area contributed by atoms with E-state index in [1.54, 1.807) is 42.5 Å². The Kier molecular flexibility index (Phi) is 7.02. The molecule has 0 aliphatic carbocycles. The average Bonchev–Trinajstić information content (AvgIpc) is 3.12. The summed E-state index contributed by atoms with van der Waals surface area (Å²) in [5.74, 6) is -2.19. The summed E-state index contributed by atoms with van der Waals surface area (Å²) in [7, 11) is 2.97. The highest BCUT2D eigenvalue weighted by Gasteiger charge is 2.47. The number of hydrogen-bond donors (Lipinski definition) is 2. The summed E-state index contributed by atoms with van der Waals surface area (Å²) in [6, 6.07) is 15.7. The molecule has 1 saturated heterocycles. The molecule has 2 N–H and O–H groups in total. The largest absolute Gasteiger partial charge is 0.507 e. The highest BCUT2D eigenvalue weighted by Crippen LogP contribution is 2.44. The first-order chi connectivity index (χ1) is 17.7. The molecule has 1 aliphatic heterocycles. The molecule has 37 heavy (non-hydrogen) atoms. The molecule has 8 nitrogen and oxygen atoms in total. The Morgan fingerprint density at radius 2 is 1.62 bits per heavy atom. The summed E-state index contributed by atoms with van der Waals surface area (Å²) in [6.07, 6.45) is 0. The molecule has 1 fully saturated rings. The standard InChI is InChI=1S/C29H27NO7/c1-16-13-17(2)27(37-4)21(14-16)25(31)23-24(20-7-5-6-8-22(20)36-3)30(28(33)26(23)32)15-18-9-11-19(12-10-18)29(34)35/h5-14,24,31H,15H2,1-4H3,(H,34,35)/b25-23+. The van der Waals surface area contributed by atoms with Crippen molar-refractivity contribution in [3.63, 3.8) is 0 Å². The van der Waals surface area contributed by atoms with Crippen LogP contribution >= 0.6 is 0 Å². The third-order valence-electron chi connectivity index (χ3n) is 6.41. The zero-order chi connectivity index (χ0) is 26.9. The number of ether oxygens (including phenoxy) is 2. The van der Waals surface area contributed by atoms with Crippen molar-refractivity contribution in [2.45, 2.75) is 26.4 Å². The first-order valence-electron chi connectivity index (χ1n) is 11.6. The number of aromatic carboxylic acids is 1. The molecule has 1 atom stereocenters. The maximum atomic E-state index is 13.4. The number of nitrogens with zero attached hydrogens (tertiary/aromatic N) is 1. The summed E-state index contributed by atoms with van der Waals surface area (Å²) in [5, 5.41) is 20.7. The van der Waals surface area contributed by atoms with Crippen molar-refractivity contribution < 1.29 is 34.1 Å². The van der Waals surface area contributed by atoms with Crippen molar-refractivity contribution in [3.05, 3.63) is 99.6 Å². The predicted molar refractivity (Wildman–Crippen MR) is 137 cm³/mol. The Balaban J connectivity index is 1.92. The van der Waals surface area contributed by atoms with Gasteiger partial charge in [-0.3, -0.25) is 9.59 Å². The summed E-state index contributed by atoms with van der Waals surface area (Å²) < 4.78 is 11.1. The molecular weight excluding hydrogens is 474 g/mol. The van der Waals surface area contributed by atoms with Gasteiger partial charge in [0.1, 0.15) is 17.3 Å². The number of aliphatic hydroxyl groups excluding tert-OH is 1. The number of Topliss-reactive ketones (excluding diaryl/α,β-unsaturated/α-hetero) is 1. The van der Waals surface area contributed by atoms with E-state index in [0.717, 1.165) is 11.1 Å². The number of hydrogen-bond acceptors (Lipinski definition) is 6. The normalized spacial score (nSPS) is 16.6. The number of carbonyl (C=O) groups excluding carboxylic acids is 2. The number of aryl methyl sites for hydroxylation is 2. The lowest BCUT2D eigenvalue weighted by molar-refractivity contribution is -0.140. The fraction of sp³-hybridized carbons (Fsp3) is 0.207. The molecule has 1 aliphatic rings. The number of benzene rings is 3. The van der Waals surface area contributed by atoms with E-state index in [1.165, 1.54) is 31.3 Å². The summed E-state index contributed by atoms with van der Waals surface area (Å²) in [6.45, 7) is 3.70. The van der Waals surface area contributed by atoms with Gasteiger partial charge in [-0.25, -0.2) is 4.79 Å². The van der Waals surface area contributed by atoms with Crippen LogP contribution in [-0.4, -0.2) is 47.0 Å². The predicted octanol–water partition coefficient (Wildman–Crippen LogP) is 4.64. The zero-order valence-corrected chi connectivity index (χ0v) is 20.9. The van der Waals surface area contributed by atoms with E-state index in [4.69, 9.17) is 9.47 Å². The Morgan fingerprint density at radius 3 is 2.24 bits per heavy atom. The second-order valence-corrected chi connectivity index (χ2v) is 8.83. The van der Waals surface area contributed by atoms with Crippen LogP contribution in [0.2, 0.25) is 0 Å². The summed E-state index contributed by atoms with van der Waals surface area (Å²) >= 11 is 0. The molecule has 0 radical (unpaired) electrons. The van der Waals surface area contributed by atoms with Crippen molar-refractivity contribution in [2.75, 3.05) is 14.2 Å². The maximum Gasteiger partial charge on any atom is 0.335 e. The Labute approximate surface area is 214 Å². The lowest BCUT2D eigenvalue weighted by Gasteiger charge is -2.27. The molecule has 1 heterocycles. The van der Waals surface area contributed by atoms with Crippen LogP contribution in [0.15, 0.2) is 66.2 Å². The van der Waals surface area contributed by atoms with Crippen LogP contribution in [0.4, 0.5) is 0 Å². The van der Waals surface area contributed by atoms with E-state index < -0.39 is 23.7 Å². The fourth-order valence-corrected chi connectivity index (χ4v) is 4.75. The number of methoxy groups -OCH3 is 2. The lowest BCUT2D eigenvalue weighted by Crippen LogP contribution is -2.29. The third-order valence-corrected chi connectivity index (χ3v) is 6.41. The Morgan fingerprint density at radius 1 is 0.946 bits per heavy atom. The second-order valence-electron chi connectivity index (χ2n) is 8.83. The molecule has 0 aromatic heterocycles. The molecule has 0 saturated carbocycles. The molecule has 1 amide bonds. The topological polar surface area (TPSA) is 113 Å². The van der Waals surface area contributed by atoms with Crippen LogP contribution in [-0.2, 0) is 16.1 Å². The van der Waals surface area contributed by atoms with Crippen LogP contribution in [0.5, 0.6) is 11.5 Å². The van der Waals surface area contributed by atoms with Crippen LogP contribution in [0.3, 0.4) is 0 Å². The van der Waals surface area contributed by atoms with E-state index in [9.17, 15) is 24.6 Å². The number of carboxylic acids is 1. The highest BCUT2D eigenvalue weighted by atomic mass is 16.5. The Hall–Kier alpha value is -4.59. The first-order valence-corrected chi connectivity index (χ1v) is 11.6. The van der Waals surface area contributed by atoms with Gasteiger partial charge in [0.2, 0.25) is 0 Å². The van der Waals surface area contributed by atoms with Crippen LogP contribution in [0, 0.1) is 13.8 Å². The minimum Gasteiger partial charge on any atom is -0.507 e. The molecular formula is C29H27NO7. The van der Waals surface area contributed by atoms with Crippen LogP contribution < -0.4 is 9.47 Å². The number of aliphatic hydroxyl groups is 1. The van der Waals surface area contributed by atoms with Crippen LogP contribution in [0.25, 0.3) is 5.76 Å². The zero-order valence-electron chi connectivity index (χ0n) is 20.9. The van der Waals surface area contributed by atoms with Gasteiger partial charge < -0.3 is 24.6 Å². The number of carbonyl (C=O) groups is 3. The number of rotatable bonds is 7. The molecule has 8 heteroatoms. The van der Waals surface area contributed by atoms with Gasteiger partial charge in [-0.15, -0.1) is 0 Å². The molecule has 0 bridgehead atoms. The highest BCUT2D eigenvalue weighted by molar-refractivity contribution is 6.46. The minimum atomic E-state index is -1.07. The average molecular weight is 502 g/mol. The quantitative estimate of drug-likeness (QED) is 0.275. The monoisotopic (exact) mass is 501 g/mol. The fourth-order valence-electron chi connectivity index (χ4n) is 4.75. The molecule has 190 valence electrons. The third kappa shape index (κ3) is 4.65. The molecule has 4 rings (SSSR count). The summed E-state index contributed by atoms with van der Waals surface area (Å²) in [5.41, 5.74) is 3.09. The van der Waals surface area contributed by atoms with Gasteiger partial charge in [0.05, 0.1) is 37.0 Å². The van der Waals surface area contributed by atoms with E-state index in [0.29, 0.717) is 28.2 Å². The maximum absolute atomic E-state index is 13.4. The number of para-hydroxylation sites is 1. The van der Waals surface area contributed by atoms with Crippen molar-refractivity contribution in [1.82, 2.24) is 4.90 Å². The molecule has 1 unspecified atom stereocenters. The van der Waals surface area contributed by atoms with Crippen LogP contribution in [0.1, 0.15) is 44.2 Å². The van der Waals surface area contributed by atoms with Gasteiger partial charge in [0.15, 0.2) is 0 Å². The van der Waals surface area contributed by atoms with Gasteiger partial charge in [0, 0.05) is 12.1 Å². The van der Waals surface area contributed by atoms with Gasteiger partial charge in [-0.1, -0.05) is 36.4 Å². The van der Waals surface area contributed by atoms with E-state index >= 15 is 0 Å². The first kappa shape index (κ1) is 25.5. The van der Waals surface area contributed by atoms with Gasteiger partial charge in [0.25, 0.3) is 11.7 Å². The lowest BCUT2D eigenvalue weighted by atomic mass is 9.93. The summed E-state index contributed by atoms with van der Waals surface area (Å²) in [4.78, 5) is 39.4. The number of likely N-dealkylation sites (tertiary alicyclic amines) is 1. The SMILES string of the molecule is COc1ccccc1C1/C(=C(\O)c2cc(C)cc(C)c2OC)C(=O)C(=O)N1Cc1ccc(C(=O)O)cc1. The number of amides is 1. The van der Waals surface area contributed by atoms with E-state index in [2.05, 4.69) is 0 Å². The van der Waals surface area contributed by atoms with Crippen molar-refractivity contribution in [3.8, 4) is 11.5 Å². The van der Waals surface area contributed by atoms with Crippen molar-refractivity contribution in [1.29, 1.82) is 0 Å². The van der Waals surface area contributed by atoms with E-state index in [1.807, 2.05) is 19.9 Å². The smallest absolute Gasteiger partial charge is 0.335 e. The number of ketones is 1. The van der Waals surface area contributed by atoms with Gasteiger partial charge >= 0.3 is 5.97 Å². The second kappa shape index (κ2) is 10.2. The van der Waals surface area contributed by atoms with E-state index in [-0.39, 0.29) is 23.4 Å². The van der Waals surface area contributed by atoms with Crippen molar-refractivity contribution in [2.24, 2.45) is 0 Å². The molecule has 0 spiro atoms. The minimum absolute atomic E-state index is 0.00788. The molecule has 3 aromatic rings. The van der Waals surface area contributed by atoms with Gasteiger partial charge in [-0.05, 0) is 54.8 Å². The van der Waals surface area contributed by atoms with Gasteiger partial charge in [-0.2, -0.15) is 0 Å². The number of carboxylic acid groups (broad SMARTS) is 1. The Bertz CT molecular complexity index is 1420. The van der Waals surface area contributed by atoms with Crippen molar-refractivity contribution >= 4 is 23.4 Å². The molecule has 3 aromatic carbocycles.